The quantitative estimate of drug-likeness (QED) is 0.579. The van der Waals surface area contributed by atoms with Crippen LogP contribution in [0.25, 0.3) is 0 Å². The first kappa shape index (κ1) is 19.8. The summed E-state index contributed by atoms with van der Waals surface area (Å²) in [6.45, 7) is 20.3. The standard InChI is InChI=1S/C16H35NO3/c1-8-18-12-9-17(10-13-19-15(2,3)4)11-14-20-16(5,6)7/h8-14H2,1-7H3. The van der Waals surface area contributed by atoms with Gasteiger partial charge in [-0.15, -0.1) is 0 Å². The van der Waals surface area contributed by atoms with Gasteiger partial charge in [-0.1, -0.05) is 0 Å². The Morgan fingerprint density at radius 3 is 1.45 bits per heavy atom. The Labute approximate surface area is 125 Å². The fraction of sp³-hybridized carbons (Fsp3) is 1.00. The third-order valence-corrected chi connectivity index (χ3v) is 2.64. The van der Waals surface area contributed by atoms with E-state index < -0.39 is 0 Å². The number of nitrogens with zero attached hydrogens (tertiary/aromatic N) is 1. The highest BCUT2D eigenvalue weighted by Crippen LogP contribution is 2.08. The van der Waals surface area contributed by atoms with Gasteiger partial charge in [0.15, 0.2) is 0 Å². The largest absolute Gasteiger partial charge is 0.380 e. The molecule has 0 heterocycles. The minimum Gasteiger partial charge on any atom is -0.380 e. The predicted molar refractivity (Wildman–Crippen MR) is 84.3 cm³/mol. The summed E-state index contributed by atoms with van der Waals surface area (Å²) in [4.78, 5) is 2.34. The lowest BCUT2D eigenvalue weighted by Crippen LogP contribution is -2.37. The fourth-order valence-corrected chi connectivity index (χ4v) is 1.64. The molecule has 0 aromatic carbocycles. The van der Waals surface area contributed by atoms with Gasteiger partial charge in [0.2, 0.25) is 0 Å². The topological polar surface area (TPSA) is 30.9 Å². The summed E-state index contributed by atoms with van der Waals surface area (Å²) in [7, 11) is 0. The zero-order chi connectivity index (χ0) is 15.6. The van der Waals surface area contributed by atoms with Crippen molar-refractivity contribution in [2.45, 2.75) is 59.7 Å². The van der Waals surface area contributed by atoms with E-state index in [1.54, 1.807) is 0 Å². The Bertz CT molecular complexity index is 211. The normalized spacial score (nSPS) is 13.2. The molecule has 0 aromatic rings. The van der Waals surface area contributed by atoms with Crippen LogP contribution in [0.2, 0.25) is 0 Å². The van der Waals surface area contributed by atoms with E-state index in [-0.39, 0.29) is 11.2 Å². The van der Waals surface area contributed by atoms with Crippen molar-refractivity contribution < 1.29 is 14.2 Å². The van der Waals surface area contributed by atoms with E-state index in [0.29, 0.717) is 0 Å². The lowest BCUT2D eigenvalue weighted by Gasteiger charge is -2.27. The Morgan fingerprint density at radius 2 is 1.10 bits per heavy atom. The smallest absolute Gasteiger partial charge is 0.0600 e. The lowest BCUT2D eigenvalue weighted by molar-refractivity contribution is -0.0335. The molecule has 4 nitrogen and oxygen atoms in total. The Morgan fingerprint density at radius 1 is 0.700 bits per heavy atom. The predicted octanol–water partition coefficient (Wildman–Crippen LogP) is 2.96. The molecule has 0 unspecified atom stereocenters. The molecule has 0 rings (SSSR count). The highest BCUT2D eigenvalue weighted by Gasteiger charge is 2.13. The third-order valence-electron chi connectivity index (χ3n) is 2.64. The van der Waals surface area contributed by atoms with E-state index in [1.165, 1.54) is 0 Å². The van der Waals surface area contributed by atoms with Crippen LogP contribution in [0.15, 0.2) is 0 Å². The molecule has 0 aliphatic heterocycles. The second kappa shape index (κ2) is 9.72. The second-order valence-electron chi connectivity index (χ2n) is 6.96. The van der Waals surface area contributed by atoms with Gasteiger partial charge in [0.25, 0.3) is 0 Å². The van der Waals surface area contributed by atoms with Crippen molar-refractivity contribution in [3.8, 4) is 0 Å². The van der Waals surface area contributed by atoms with Gasteiger partial charge < -0.3 is 14.2 Å². The van der Waals surface area contributed by atoms with Crippen LogP contribution >= 0.6 is 0 Å². The minimum absolute atomic E-state index is 0.0759. The molecule has 0 aliphatic carbocycles. The molecule has 0 saturated carbocycles. The SMILES string of the molecule is CCOCCN(CCOC(C)(C)C)CCOC(C)(C)C. The van der Waals surface area contributed by atoms with Crippen LogP contribution in [-0.4, -0.2) is 62.2 Å². The van der Waals surface area contributed by atoms with Crippen LogP contribution < -0.4 is 0 Å². The van der Waals surface area contributed by atoms with Crippen LogP contribution in [0.1, 0.15) is 48.5 Å². The number of rotatable bonds is 10. The molecular weight excluding hydrogens is 254 g/mol. The van der Waals surface area contributed by atoms with E-state index in [1.807, 2.05) is 6.92 Å². The highest BCUT2D eigenvalue weighted by molar-refractivity contribution is 4.64. The van der Waals surface area contributed by atoms with Crippen LogP contribution in [0.3, 0.4) is 0 Å². The van der Waals surface area contributed by atoms with E-state index in [2.05, 4.69) is 46.4 Å². The van der Waals surface area contributed by atoms with Gasteiger partial charge >= 0.3 is 0 Å². The molecule has 0 amide bonds. The monoisotopic (exact) mass is 289 g/mol. The van der Waals surface area contributed by atoms with Gasteiger partial charge in [-0.05, 0) is 48.5 Å². The van der Waals surface area contributed by atoms with Gasteiger partial charge in [0.1, 0.15) is 0 Å². The number of hydrogen-bond acceptors (Lipinski definition) is 4. The molecule has 4 heteroatoms. The molecule has 0 atom stereocenters. The van der Waals surface area contributed by atoms with Crippen molar-refractivity contribution in [2.75, 3.05) is 46.1 Å². The molecule has 20 heavy (non-hydrogen) atoms. The van der Waals surface area contributed by atoms with Crippen LogP contribution in [0.4, 0.5) is 0 Å². The summed E-state index contributed by atoms with van der Waals surface area (Å²) in [6.07, 6.45) is 0. The summed E-state index contributed by atoms with van der Waals surface area (Å²) in [5.41, 5.74) is -0.152. The molecule has 0 fully saturated rings. The Kier molecular flexibility index (Phi) is 9.64. The van der Waals surface area contributed by atoms with Gasteiger partial charge in [-0.2, -0.15) is 0 Å². The summed E-state index contributed by atoms with van der Waals surface area (Å²) in [6, 6.07) is 0. The molecule has 0 aromatic heterocycles. The maximum absolute atomic E-state index is 5.79. The lowest BCUT2D eigenvalue weighted by atomic mass is 10.2. The number of hydrogen-bond donors (Lipinski definition) is 0. The number of ether oxygens (including phenoxy) is 3. The first-order valence-corrected chi connectivity index (χ1v) is 7.72. The average molecular weight is 289 g/mol. The summed E-state index contributed by atoms with van der Waals surface area (Å²) in [5.74, 6) is 0. The zero-order valence-corrected chi connectivity index (χ0v) is 14.6. The molecule has 0 N–H and O–H groups in total. The molecule has 0 saturated heterocycles. The third kappa shape index (κ3) is 14.3. The summed E-state index contributed by atoms with van der Waals surface area (Å²) >= 11 is 0. The van der Waals surface area contributed by atoms with E-state index in [9.17, 15) is 0 Å². The molecule has 0 radical (unpaired) electrons. The molecule has 0 spiro atoms. The van der Waals surface area contributed by atoms with Crippen molar-refractivity contribution in [1.82, 2.24) is 4.90 Å². The van der Waals surface area contributed by atoms with Crippen LogP contribution in [-0.2, 0) is 14.2 Å². The molecule has 0 aliphatic rings. The van der Waals surface area contributed by atoms with Crippen LogP contribution in [0, 0.1) is 0 Å². The first-order valence-electron chi connectivity index (χ1n) is 7.72. The van der Waals surface area contributed by atoms with Crippen molar-refractivity contribution >= 4 is 0 Å². The molecular formula is C16H35NO3. The Hall–Kier alpha value is -0.160. The summed E-state index contributed by atoms with van der Waals surface area (Å²) < 4.78 is 17.0. The maximum Gasteiger partial charge on any atom is 0.0600 e. The van der Waals surface area contributed by atoms with Crippen molar-refractivity contribution in [2.24, 2.45) is 0 Å². The zero-order valence-electron chi connectivity index (χ0n) is 14.6. The second-order valence-corrected chi connectivity index (χ2v) is 6.96. The van der Waals surface area contributed by atoms with E-state index >= 15 is 0 Å². The van der Waals surface area contributed by atoms with Crippen molar-refractivity contribution in [3.63, 3.8) is 0 Å². The average Bonchev–Trinajstić information content (AvgIpc) is 2.25. The highest BCUT2D eigenvalue weighted by atomic mass is 16.5. The van der Waals surface area contributed by atoms with Gasteiger partial charge in [0, 0.05) is 26.2 Å². The molecule has 122 valence electrons. The van der Waals surface area contributed by atoms with Crippen LogP contribution in [0.5, 0.6) is 0 Å². The van der Waals surface area contributed by atoms with Gasteiger partial charge in [0.05, 0.1) is 31.0 Å². The molecule has 0 bridgehead atoms. The maximum atomic E-state index is 5.79. The van der Waals surface area contributed by atoms with Gasteiger partial charge in [-0.3, -0.25) is 4.90 Å². The Balaban J connectivity index is 4.00. The minimum atomic E-state index is -0.0759. The van der Waals surface area contributed by atoms with Crippen molar-refractivity contribution in [1.29, 1.82) is 0 Å². The van der Waals surface area contributed by atoms with E-state index in [0.717, 1.165) is 46.1 Å². The first-order chi connectivity index (χ1) is 9.14. The summed E-state index contributed by atoms with van der Waals surface area (Å²) in [5, 5.41) is 0. The van der Waals surface area contributed by atoms with Crippen molar-refractivity contribution in [3.05, 3.63) is 0 Å². The fourth-order valence-electron chi connectivity index (χ4n) is 1.64. The van der Waals surface area contributed by atoms with Gasteiger partial charge in [-0.25, -0.2) is 0 Å². The van der Waals surface area contributed by atoms with E-state index in [4.69, 9.17) is 14.2 Å².